The highest BCUT2D eigenvalue weighted by Gasteiger charge is 2.25. The summed E-state index contributed by atoms with van der Waals surface area (Å²) in [5.74, 6) is 2.35. The standard InChI is InChI=1S/C26H19ClFN7O/c1-5-18-22(28)14(3)16(11-31-18)23-20(21-24(29)32-12-33-25(21)35(23)4)15-6-7-19(17(27)10-15)36-26-30-9-8-13(2)34-26/h1,6-12H,2-4H3,(H2,29,32,33). The van der Waals surface area contributed by atoms with E-state index < -0.39 is 5.82 Å². The number of ether oxygens (including phenoxy) is 1. The van der Waals surface area contributed by atoms with Gasteiger partial charge >= 0.3 is 6.01 Å². The van der Waals surface area contributed by atoms with Crippen molar-refractivity contribution in [2.75, 3.05) is 5.73 Å². The third-order valence-electron chi connectivity index (χ3n) is 5.85. The third-order valence-corrected chi connectivity index (χ3v) is 6.14. The molecule has 0 aliphatic carbocycles. The molecule has 4 heterocycles. The van der Waals surface area contributed by atoms with Gasteiger partial charge in [-0.3, -0.25) is 0 Å². The SMILES string of the molecule is C#Cc1ncc(-c2c(-c3ccc(Oc4nccc(C)n4)c(Cl)c3)c3c(N)ncnc3n2C)c(C)c1F. The van der Waals surface area contributed by atoms with E-state index in [9.17, 15) is 4.39 Å². The summed E-state index contributed by atoms with van der Waals surface area (Å²) in [7, 11) is 1.81. The highest BCUT2D eigenvalue weighted by Crippen LogP contribution is 2.44. The molecule has 0 saturated carbocycles. The lowest BCUT2D eigenvalue weighted by Crippen LogP contribution is -2.01. The Kier molecular flexibility index (Phi) is 5.74. The maximum Gasteiger partial charge on any atom is 0.322 e. The number of nitrogens with zero attached hydrogens (tertiary/aromatic N) is 6. The summed E-state index contributed by atoms with van der Waals surface area (Å²) >= 11 is 6.62. The van der Waals surface area contributed by atoms with Crippen molar-refractivity contribution in [3.63, 3.8) is 0 Å². The average Bonchev–Trinajstić information content (AvgIpc) is 3.15. The van der Waals surface area contributed by atoms with Crippen LogP contribution in [0.5, 0.6) is 11.8 Å². The number of pyridine rings is 1. The van der Waals surface area contributed by atoms with Gasteiger partial charge in [0.05, 0.1) is 16.1 Å². The largest absolute Gasteiger partial charge is 0.423 e. The summed E-state index contributed by atoms with van der Waals surface area (Å²) in [6.07, 6.45) is 9.93. The van der Waals surface area contributed by atoms with Crippen molar-refractivity contribution in [3.8, 4) is 46.5 Å². The predicted octanol–water partition coefficient (Wildman–Crippen LogP) is 5.25. The second kappa shape index (κ2) is 8.91. The molecule has 4 aromatic heterocycles. The van der Waals surface area contributed by atoms with Crippen LogP contribution < -0.4 is 10.5 Å². The lowest BCUT2D eigenvalue weighted by atomic mass is 9.97. The van der Waals surface area contributed by atoms with E-state index in [0.29, 0.717) is 49.8 Å². The van der Waals surface area contributed by atoms with E-state index in [1.807, 2.05) is 24.6 Å². The van der Waals surface area contributed by atoms with E-state index in [2.05, 4.69) is 30.8 Å². The van der Waals surface area contributed by atoms with Crippen LogP contribution in [0.3, 0.4) is 0 Å². The molecule has 0 aliphatic rings. The second-order valence-corrected chi connectivity index (χ2v) is 8.48. The monoisotopic (exact) mass is 499 g/mol. The number of nitrogen functional groups attached to an aromatic ring is 1. The molecule has 178 valence electrons. The summed E-state index contributed by atoms with van der Waals surface area (Å²) in [6, 6.07) is 7.20. The number of anilines is 1. The number of aromatic nitrogens is 6. The molecule has 0 fully saturated rings. The average molecular weight is 500 g/mol. The van der Waals surface area contributed by atoms with Crippen LogP contribution in [0.15, 0.2) is 43.0 Å². The molecule has 36 heavy (non-hydrogen) atoms. The van der Waals surface area contributed by atoms with Gasteiger partial charge in [0, 0.05) is 36.3 Å². The zero-order valence-corrected chi connectivity index (χ0v) is 20.3. The van der Waals surface area contributed by atoms with Gasteiger partial charge < -0.3 is 15.0 Å². The molecule has 2 N–H and O–H groups in total. The topological polar surface area (TPSA) is 105 Å². The van der Waals surface area contributed by atoms with Gasteiger partial charge in [-0.05, 0) is 49.1 Å². The van der Waals surface area contributed by atoms with Crippen molar-refractivity contribution in [2.45, 2.75) is 13.8 Å². The van der Waals surface area contributed by atoms with Gasteiger partial charge in [-0.15, -0.1) is 6.42 Å². The van der Waals surface area contributed by atoms with E-state index in [4.69, 9.17) is 28.5 Å². The Hall–Kier alpha value is -4.55. The van der Waals surface area contributed by atoms with Crippen LogP contribution in [0.25, 0.3) is 33.4 Å². The lowest BCUT2D eigenvalue weighted by Gasteiger charge is -2.13. The molecular weight excluding hydrogens is 481 g/mol. The fourth-order valence-electron chi connectivity index (χ4n) is 4.10. The molecule has 0 radical (unpaired) electrons. The highest BCUT2D eigenvalue weighted by atomic mass is 35.5. The Morgan fingerprint density at radius 1 is 1.14 bits per heavy atom. The number of benzene rings is 1. The number of hydrogen-bond acceptors (Lipinski definition) is 7. The van der Waals surface area contributed by atoms with Crippen LogP contribution in [0, 0.1) is 32.0 Å². The molecule has 0 atom stereocenters. The summed E-state index contributed by atoms with van der Waals surface area (Å²) in [6.45, 7) is 3.49. The summed E-state index contributed by atoms with van der Waals surface area (Å²) in [5, 5.41) is 0.919. The van der Waals surface area contributed by atoms with Crippen LogP contribution in [0.2, 0.25) is 5.02 Å². The molecule has 0 unspecified atom stereocenters. The normalized spacial score (nSPS) is 11.0. The molecule has 0 aliphatic heterocycles. The number of rotatable bonds is 4. The Bertz CT molecular complexity index is 1710. The van der Waals surface area contributed by atoms with E-state index in [0.717, 1.165) is 5.69 Å². The van der Waals surface area contributed by atoms with E-state index in [-0.39, 0.29) is 17.5 Å². The quantitative estimate of drug-likeness (QED) is 0.336. The van der Waals surface area contributed by atoms with Crippen molar-refractivity contribution >= 4 is 28.5 Å². The number of aryl methyl sites for hydroxylation is 2. The first-order chi connectivity index (χ1) is 17.3. The van der Waals surface area contributed by atoms with E-state index in [1.54, 1.807) is 37.5 Å². The van der Waals surface area contributed by atoms with Crippen LogP contribution in [0.4, 0.5) is 10.2 Å². The first-order valence-corrected chi connectivity index (χ1v) is 11.2. The Morgan fingerprint density at radius 3 is 2.67 bits per heavy atom. The molecule has 10 heteroatoms. The van der Waals surface area contributed by atoms with Gasteiger partial charge in [-0.25, -0.2) is 29.3 Å². The first-order valence-electron chi connectivity index (χ1n) is 10.8. The minimum absolute atomic E-state index is 0.0567. The summed E-state index contributed by atoms with van der Waals surface area (Å²) in [4.78, 5) is 21.1. The minimum Gasteiger partial charge on any atom is -0.423 e. The zero-order valence-electron chi connectivity index (χ0n) is 19.5. The second-order valence-electron chi connectivity index (χ2n) is 8.07. The molecule has 5 aromatic rings. The molecule has 8 nitrogen and oxygen atoms in total. The van der Waals surface area contributed by atoms with Crippen LogP contribution in [-0.2, 0) is 7.05 Å². The number of terminal acetylenes is 1. The molecule has 0 amide bonds. The third kappa shape index (κ3) is 3.78. The van der Waals surface area contributed by atoms with E-state index >= 15 is 0 Å². The van der Waals surface area contributed by atoms with Crippen LogP contribution in [0.1, 0.15) is 17.0 Å². The summed E-state index contributed by atoms with van der Waals surface area (Å²) < 4.78 is 22.6. The van der Waals surface area contributed by atoms with Crippen molar-refractivity contribution < 1.29 is 9.13 Å². The Morgan fingerprint density at radius 2 is 1.94 bits per heavy atom. The van der Waals surface area contributed by atoms with Crippen LogP contribution in [-0.4, -0.2) is 29.5 Å². The number of hydrogen-bond donors (Lipinski definition) is 1. The van der Waals surface area contributed by atoms with Crippen molar-refractivity contribution in [1.29, 1.82) is 0 Å². The van der Waals surface area contributed by atoms with Crippen molar-refractivity contribution in [2.24, 2.45) is 7.05 Å². The number of fused-ring (bicyclic) bond motifs is 1. The van der Waals surface area contributed by atoms with Gasteiger partial charge in [0.25, 0.3) is 0 Å². The lowest BCUT2D eigenvalue weighted by molar-refractivity contribution is 0.440. The van der Waals surface area contributed by atoms with Crippen molar-refractivity contribution in [1.82, 2.24) is 29.5 Å². The Balaban J connectivity index is 1.73. The smallest absolute Gasteiger partial charge is 0.322 e. The maximum atomic E-state index is 15.0. The van der Waals surface area contributed by atoms with Crippen molar-refractivity contribution in [3.05, 3.63) is 70.8 Å². The van der Waals surface area contributed by atoms with E-state index in [1.165, 1.54) is 6.33 Å². The van der Waals surface area contributed by atoms with Gasteiger partial charge in [-0.2, -0.15) is 0 Å². The zero-order chi connectivity index (χ0) is 25.6. The predicted molar refractivity (Wildman–Crippen MR) is 136 cm³/mol. The first kappa shape index (κ1) is 23.2. The fraction of sp³-hybridized carbons (Fsp3) is 0.115. The number of halogens is 2. The fourth-order valence-corrected chi connectivity index (χ4v) is 4.32. The van der Waals surface area contributed by atoms with Gasteiger partial charge in [0.15, 0.2) is 5.82 Å². The van der Waals surface area contributed by atoms with Gasteiger partial charge in [0.2, 0.25) is 0 Å². The molecular formula is C26H19ClFN7O. The minimum atomic E-state index is -0.565. The molecule has 0 bridgehead atoms. The highest BCUT2D eigenvalue weighted by molar-refractivity contribution is 6.32. The van der Waals surface area contributed by atoms with Gasteiger partial charge in [-0.1, -0.05) is 17.7 Å². The van der Waals surface area contributed by atoms with Crippen LogP contribution >= 0.6 is 11.6 Å². The molecule has 1 aromatic carbocycles. The molecule has 0 spiro atoms. The Labute approximate surface area is 211 Å². The molecule has 5 rings (SSSR count). The number of nitrogens with two attached hydrogens (primary N) is 1. The molecule has 0 saturated heterocycles. The summed E-state index contributed by atoms with van der Waals surface area (Å²) in [5.41, 5.74) is 10.4. The van der Waals surface area contributed by atoms with Gasteiger partial charge in [0.1, 0.15) is 29.2 Å². The maximum absolute atomic E-state index is 15.0.